The lowest BCUT2D eigenvalue weighted by Gasteiger charge is -2.04. The third-order valence-electron chi connectivity index (χ3n) is 2.48. The second-order valence-corrected chi connectivity index (χ2v) is 6.00. The van der Waals surface area contributed by atoms with Crippen molar-refractivity contribution in [2.75, 3.05) is 12.0 Å². The molecule has 0 aromatic carbocycles. The van der Waals surface area contributed by atoms with Crippen molar-refractivity contribution in [2.24, 2.45) is 0 Å². The first-order valence-corrected chi connectivity index (χ1v) is 8.19. The minimum Gasteiger partial charge on any atom is -0.299 e. The van der Waals surface area contributed by atoms with Gasteiger partial charge in [-0.25, -0.2) is 0 Å². The number of unbranched alkanes of at least 4 members (excludes halogenated alkanes) is 1. The summed E-state index contributed by atoms with van der Waals surface area (Å²) >= 11 is 8.85. The largest absolute Gasteiger partial charge is 0.299 e. The molecule has 0 saturated carbocycles. The van der Waals surface area contributed by atoms with Gasteiger partial charge in [-0.05, 0) is 48.5 Å². The van der Waals surface area contributed by atoms with Gasteiger partial charge in [0, 0.05) is 6.54 Å². The predicted molar refractivity (Wildman–Crippen MR) is 78.3 cm³/mol. The van der Waals surface area contributed by atoms with Gasteiger partial charge in [-0.3, -0.25) is 9.67 Å². The lowest BCUT2D eigenvalue weighted by atomic mass is 10.3. The van der Waals surface area contributed by atoms with Crippen LogP contribution in [0.15, 0.2) is 17.5 Å². The molecular formula is C11H15N3S3. The molecule has 0 unspecified atom stereocenters. The minimum atomic E-state index is 0.720. The Labute approximate surface area is 114 Å². The Balaban J connectivity index is 2.11. The fraction of sp³-hybridized carbons (Fsp3) is 0.455. The highest BCUT2D eigenvalue weighted by molar-refractivity contribution is 7.98. The zero-order valence-electron chi connectivity index (χ0n) is 9.68. The third-order valence-corrected chi connectivity index (χ3v) is 4.35. The highest BCUT2D eigenvalue weighted by Crippen LogP contribution is 2.23. The van der Waals surface area contributed by atoms with E-state index in [1.54, 1.807) is 11.3 Å². The van der Waals surface area contributed by atoms with E-state index >= 15 is 0 Å². The molecule has 0 aliphatic carbocycles. The molecule has 0 aliphatic rings. The minimum absolute atomic E-state index is 0.720. The van der Waals surface area contributed by atoms with Crippen molar-refractivity contribution in [3.8, 4) is 10.7 Å². The maximum atomic E-state index is 5.27. The molecule has 0 spiro atoms. The van der Waals surface area contributed by atoms with E-state index in [4.69, 9.17) is 12.2 Å². The molecule has 2 rings (SSSR count). The van der Waals surface area contributed by atoms with Gasteiger partial charge >= 0.3 is 0 Å². The summed E-state index contributed by atoms with van der Waals surface area (Å²) in [5.74, 6) is 2.17. The van der Waals surface area contributed by atoms with Gasteiger partial charge in [-0.15, -0.1) is 11.3 Å². The van der Waals surface area contributed by atoms with Crippen LogP contribution in [-0.2, 0) is 6.54 Å². The average molecular weight is 285 g/mol. The molecule has 0 fully saturated rings. The van der Waals surface area contributed by atoms with E-state index < -0.39 is 0 Å². The summed E-state index contributed by atoms with van der Waals surface area (Å²) in [6, 6.07) is 4.11. The quantitative estimate of drug-likeness (QED) is 0.647. The topological polar surface area (TPSA) is 33.6 Å². The van der Waals surface area contributed by atoms with Gasteiger partial charge in [-0.1, -0.05) is 6.07 Å². The molecule has 0 atom stereocenters. The summed E-state index contributed by atoms with van der Waals surface area (Å²) in [5, 5.41) is 9.25. The van der Waals surface area contributed by atoms with Crippen LogP contribution in [0.5, 0.6) is 0 Å². The zero-order chi connectivity index (χ0) is 12.1. The van der Waals surface area contributed by atoms with Crippen molar-refractivity contribution in [1.82, 2.24) is 14.8 Å². The number of hydrogen-bond acceptors (Lipinski definition) is 4. The van der Waals surface area contributed by atoms with Crippen LogP contribution in [-0.4, -0.2) is 26.8 Å². The van der Waals surface area contributed by atoms with Crippen LogP contribution < -0.4 is 0 Å². The smallest absolute Gasteiger partial charge is 0.195 e. The molecule has 0 bridgehead atoms. The van der Waals surface area contributed by atoms with Crippen molar-refractivity contribution in [3.05, 3.63) is 22.3 Å². The monoisotopic (exact) mass is 285 g/mol. The average Bonchev–Trinajstić information content (AvgIpc) is 2.94. The number of thioether (sulfide) groups is 1. The van der Waals surface area contributed by atoms with E-state index in [9.17, 15) is 0 Å². The first-order valence-electron chi connectivity index (χ1n) is 5.51. The number of H-pyrrole nitrogens is 1. The van der Waals surface area contributed by atoms with Crippen molar-refractivity contribution in [3.63, 3.8) is 0 Å². The van der Waals surface area contributed by atoms with Crippen LogP contribution in [0.2, 0.25) is 0 Å². The molecule has 92 valence electrons. The fourth-order valence-corrected chi connectivity index (χ4v) is 3.07. The number of rotatable bonds is 6. The highest BCUT2D eigenvalue weighted by atomic mass is 32.2. The van der Waals surface area contributed by atoms with Gasteiger partial charge in [0.2, 0.25) is 0 Å². The summed E-state index contributed by atoms with van der Waals surface area (Å²) in [7, 11) is 0. The van der Waals surface area contributed by atoms with E-state index in [0.717, 1.165) is 23.6 Å². The number of hydrogen-bond donors (Lipinski definition) is 1. The fourth-order valence-electron chi connectivity index (χ4n) is 1.64. The Morgan fingerprint density at radius 3 is 3.12 bits per heavy atom. The van der Waals surface area contributed by atoms with Crippen LogP contribution in [0.25, 0.3) is 10.7 Å². The summed E-state index contributed by atoms with van der Waals surface area (Å²) in [4.78, 5) is 1.17. The maximum absolute atomic E-state index is 5.27. The molecule has 6 heteroatoms. The van der Waals surface area contributed by atoms with Crippen LogP contribution >= 0.6 is 35.3 Å². The van der Waals surface area contributed by atoms with Crippen LogP contribution in [0.3, 0.4) is 0 Å². The molecule has 1 N–H and O–H groups in total. The number of thiophene rings is 1. The Kier molecular flexibility index (Phi) is 4.82. The lowest BCUT2D eigenvalue weighted by Crippen LogP contribution is -2.00. The van der Waals surface area contributed by atoms with E-state index in [1.807, 2.05) is 17.8 Å². The van der Waals surface area contributed by atoms with E-state index in [-0.39, 0.29) is 0 Å². The summed E-state index contributed by atoms with van der Waals surface area (Å²) in [6.07, 6.45) is 4.51. The maximum Gasteiger partial charge on any atom is 0.195 e. The van der Waals surface area contributed by atoms with Gasteiger partial charge in [0.05, 0.1) is 4.88 Å². The molecule has 17 heavy (non-hydrogen) atoms. The standard InChI is InChI=1S/C11H15N3S3/c1-16-7-3-2-6-14-10(12-13-11(14)15)9-5-4-8-17-9/h4-5,8H,2-3,6-7H2,1H3,(H,13,15). The highest BCUT2D eigenvalue weighted by Gasteiger charge is 2.08. The molecule has 0 amide bonds. The lowest BCUT2D eigenvalue weighted by molar-refractivity contribution is 0.632. The zero-order valence-corrected chi connectivity index (χ0v) is 12.1. The van der Waals surface area contributed by atoms with Crippen LogP contribution in [0, 0.1) is 4.77 Å². The Bertz CT molecular complexity index is 498. The molecule has 0 radical (unpaired) electrons. The molecule has 2 aromatic rings. The predicted octanol–water partition coefficient (Wildman–Crippen LogP) is 3.81. The second-order valence-electron chi connectivity index (χ2n) is 3.68. The van der Waals surface area contributed by atoms with E-state index in [0.29, 0.717) is 0 Å². The first kappa shape index (κ1) is 12.9. The van der Waals surface area contributed by atoms with Gasteiger partial charge < -0.3 is 0 Å². The van der Waals surface area contributed by atoms with Gasteiger partial charge in [0.1, 0.15) is 0 Å². The van der Waals surface area contributed by atoms with Gasteiger partial charge in [0.15, 0.2) is 10.6 Å². The van der Waals surface area contributed by atoms with Gasteiger partial charge in [0.25, 0.3) is 0 Å². The Hall–Kier alpha value is -0.590. The summed E-state index contributed by atoms with van der Waals surface area (Å²) < 4.78 is 2.82. The molecule has 0 aliphatic heterocycles. The number of nitrogens with zero attached hydrogens (tertiary/aromatic N) is 2. The molecular weight excluding hydrogens is 270 g/mol. The number of aromatic amines is 1. The normalized spacial score (nSPS) is 10.9. The SMILES string of the molecule is CSCCCCn1c(-c2cccs2)n[nH]c1=S. The Morgan fingerprint density at radius 1 is 1.53 bits per heavy atom. The van der Waals surface area contributed by atoms with Crippen LogP contribution in [0.4, 0.5) is 0 Å². The third kappa shape index (κ3) is 3.20. The van der Waals surface area contributed by atoms with Crippen LogP contribution in [0.1, 0.15) is 12.8 Å². The Morgan fingerprint density at radius 2 is 2.41 bits per heavy atom. The van der Waals surface area contributed by atoms with E-state index in [2.05, 4.69) is 32.5 Å². The molecule has 0 saturated heterocycles. The van der Waals surface area contributed by atoms with Crippen molar-refractivity contribution < 1.29 is 0 Å². The molecule has 2 aromatic heterocycles. The molecule has 3 nitrogen and oxygen atoms in total. The van der Waals surface area contributed by atoms with Crippen molar-refractivity contribution in [2.45, 2.75) is 19.4 Å². The summed E-state index contributed by atoms with van der Waals surface area (Å²) in [6.45, 7) is 0.948. The van der Waals surface area contributed by atoms with Crippen molar-refractivity contribution in [1.29, 1.82) is 0 Å². The summed E-state index contributed by atoms with van der Waals surface area (Å²) in [5.41, 5.74) is 0. The van der Waals surface area contributed by atoms with E-state index in [1.165, 1.54) is 17.1 Å². The first-order chi connectivity index (χ1) is 8.33. The van der Waals surface area contributed by atoms with Gasteiger partial charge in [-0.2, -0.15) is 16.9 Å². The molecule has 2 heterocycles. The van der Waals surface area contributed by atoms with Crippen molar-refractivity contribution >= 4 is 35.3 Å². The number of nitrogens with one attached hydrogen (secondary N) is 1. The second kappa shape index (κ2) is 6.37. The number of aromatic nitrogens is 3.